The van der Waals surface area contributed by atoms with Gasteiger partial charge < -0.3 is 20.1 Å². The van der Waals surface area contributed by atoms with Gasteiger partial charge in [0.15, 0.2) is 0 Å². The highest BCUT2D eigenvalue weighted by molar-refractivity contribution is 5.28. The SMILES string of the molecule is COc1cccc(CNCCOCCNC(C)C)c1. The maximum atomic E-state index is 5.52. The fourth-order valence-electron chi connectivity index (χ4n) is 1.68. The second kappa shape index (κ2) is 9.78. The molecule has 0 saturated carbocycles. The molecule has 0 spiro atoms. The van der Waals surface area contributed by atoms with Crippen LogP contribution in [0.2, 0.25) is 0 Å². The lowest BCUT2D eigenvalue weighted by Gasteiger charge is -2.09. The fourth-order valence-corrected chi connectivity index (χ4v) is 1.68. The molecular weight excluding hydrogens is 240 g/mol. The molecule has 0 aromatic heterocycles. The first kappa shape index (κ1) is 16.0. The van der Waals surface area contributed by atoms with E-state index in [9.17, 15) is 0 Å². The predicted octanol–water partition coefficient (Wildman–Crippen LogP) is 1.80. The van der Waals surface area contributed by atoms with Gasteiger partial charge in [-0.25, -0.2) is 0 Å². The number of nitrogens with one attached hydrogen (secondary N) is 2. The van der Waals surface area contributed by atoms with Crippen molar-refractivity contribution in [1.29, 1.82) is 0 Å². The molecule has 0 saturated heterocycles. The number of hydrogen-bond donors (Lipinski definition) is 2. The van der Waals surface area contributed by atoms with Crippen LogP contribution in [0.3, 0.4) is 0 Å². The summed E-state index contributed by atoms with van der Waals surface area (Å²) in [5, 5.41) is 6.67. The third kappa shape index (κ3) is 7.82. The molecule has 0 fully saturated rings. The van der Waals surface area contributed by atoms with Crippen molar-refractivity contribution in [1.82, 2.24) is 10.6 Å². The number of benzene rings is 1. The van der Waals surface area contributed by atoms with Crippen LogP contribution >= 0.6 is 0 Å². The molecule has 0 aliphatic heterocycles. The average molecular weight is 266 g/mol. The molecule has 0 aliphatic carbocycles. The number of ether oxygens (including phenoxy) is 2. The molecule has 0 atom stereocenters. The number of methoxy groups -OCH3 is 1. The van der Waals surface area contributed by atoms with E-state index in [-0.39, 0.29) is 0 Å². The zero-order valence-electron chi connectivity index (χ0n) is 12.2. The third-order valence-corrected chi connectivity index (χ3v) is 2.69. The second-order valence-electron chi connectivity index (χ2n) is 4.75. The van der Waals surface area contributed by atoms with Gasteiger partial charge in [-0.2, -0.15) is 0 Å². The topological polar surface area (TPSA) is 42.5 Å². The standard InChI is InChI=1S/C15H26N2O2/c1-13(2)17-8-10-19-9-7-16-12-14-5-4-6-15(11-14)18-3/h4-6,11,13,16-17H,7-10,12H2,1-3H3. The van der Waals surface area contributed by atoms with Gasteiger partial charge in [0.25, 0.3) is 0 Å². The van der Waals surface area contributed by atoms with Crippen LogP contribution in [-0.2, 0) is 11.3 Å². The van der Waals surface area contributed by atoms with Crippen LogP contribution in [0.15, 0.2) is 24.3 Å². The Bertz CT molecular complexity index is 343. The van der Waals surface area contributed by atoms with E-state index in [0.717, 1.165) is 38.6 Å². The van der Waals surface area contributed by atoms with Crippen molar-refractivity contribution in [2.75, 3.05) is 33.4 Å². The molecule has 0 aliphatic rings. The summed E-state index contributed by atoms with van der Waals surface area (Å²) in [5.74, 6) is 0.898. The molecule has 1 aromatic rings. The first-order valence-electron chi connectivity index (χ1n) is 6.87. The van der Waals surface area contributed by atoms with Crippen LogP contribution in [0.25, 0.3) is 0 Å². The van der Waals surface area contributed by atoms with Gasteiger partial charge in [0.05, 0.1) is 20.3 Å². The van der Waals surface area contributed by atoms with E-state index in [1.165, 1.54) is 5.56 Å². The van der Waals surface area contributed by atoms with Crippen molar-refractivity contribution < 1.29 is 9.47 Å². The van der Waals surface area contributed by atoms with Crippen LogP contribution < -0.4 is 15.4 Å². The summed E-state index contributed by atoms with van der Waals surface area (Å²) in [4.78, 5) is 0. The third-order valence-electron chi connectivity index (χ3n) is 2.69. The Kier molecular flexibility index (Phi) is 8.21. The molecule has 1 rings (SSSR count). The van der Waals surface area contributed by atoms with Crippen LogP contribution in [-0.4, -0.2) is 39.5 Å². The Morgan fingerprint density at radius 2 is 1.95 bits per heavy atom. The molecule has 0 amide bonds. The zero-order valence-corrected chi connectivity index (χ0v) is 12.2. The first-order chi connectivity index (χ1) is 9.22. The lowest BCUT2D eigenvalue weighted by Crippen LogP contribution is -2.28. The highest BCUT2D eigenvalue weighted by Gasteiger charge is 1.96. The molecule has 108 valence electrons. The van der Waals surface area contributed by atoms with Gasteiger partial charge in [0.1, 0.15) is 5.75 Å². The molecule has 4 heteroatoms. The summed E-state index contributed by atoms with van der Waals surface area (Å²) in [6, 6.07) is 8.61. The molecule has 4 nitrogen and oxygen atoms in total. The Morgan fingerprint density at radius 3 is 2.68 bits per heavy atom. The van der Waals surface area contributed by atoms with Crippen LogP contribution in [0.1, 0.15) is 19.4 Å². The minimum absolute atomic E-state index is 0.523. The predicted molar refractivity (Wildman–Crippen MR) is 78.7 cm³/mol. The van der Waals surface area contributed by atoms with Crippen molar-refractivity contribution in [3.8, 4) is 5.75 Å². The van der Waals surface area contributed by atoms with Crippen LogP contribution in [0.5, 0.6) is 5.75 Å². The number of rotatable bonds is 10. The summed E-state index contributed by atoms with van der Waals surface area (Å²) in [7, 11) is 1.69. The van der Waals surface area contributed by atoms with Crippen LogP contribution in [0.4, 0.5) is 0 Å². The molecule has 1 aromatic carbocycles. The van der Waals surface area contributed by atoms with Gasteiger partial charge >= 0.3 is 0 Å². The zero-order chi connectivity index (χ0) is 13.9. The maximum Gasteiger partial charge on any atom is 0.119 e. The first-order valence-corrected chi connectivity index (χ1v) is 6.87. The van der Waals surface area contributed by atoms with E-state index < -0.39 is 0 Å². The minimum Gasteiger partial charge on any atom is -0.497 e. The molecular formula is C15H26N2O2. The largest absolute Gasteiger partial charge is 0.497 e. The average Bonchev–Trinajstić information content (AvgIpc) is 2.41. The Morgan fingerprint density at radius 1 is 1.16 bits per heavy atom. The van der Waals surface area contributed by atoms with E-state index in [2.05, 4.69) is 30.5 Å². The number of hydrogen-bond acceptors (Lipinski definition) is 4. The van der Waals surface area contributed by atoms with E-state index in [4.69, 9.17) is 9.47 Å². The van der Waals surface area contributed by atoms with Crippen molar-refractivity contribution in [3.05, 3.63) is 29.8 Å². The van der Waals surface area contributed by atoms with Crippen molar-refractivity contribution in [3.63, 3.8) is 0 Å². The lowest BCUT2D eigenvalue weighted by molar-refractivity contribution is 0.136. The van der Waals surface area contributed by atoms with Gasteiger partial charge in [-0.1, -0.05) is 26.0 Å². The molecule has 0 heterocycles. The Balaban J connectivity index is 2.01. The molecule has 2 N–H and O–H groups in total. The van der Waals surface area contributed by atoms with Gasteiger partial charge in [-0.15, -0.1) is 0 Å². The molecule has 19 heavy (non-hydrogen) atoms. The van der Waals surface area contributed by atoms with Gasteiger partial charge in [-0.3, -0.25) is 0 Å². The second-order valence-corrected chi connectivity index (χ2v) is 4.75. The highest BCUT2D eigenvalue weighted by Crippen LogP contribution is 2.11. The smallest absolute Gasteiger partial charge is 0.119 e. The summed E-state index contributed by atoms with van der Waals surface area (Å²) in [6.45, 7) is 8.38. The van der Waals surface area contributed by atoms with E-state index in [1.807, 2.05) is 18.2 Å². The Hall–Kier alpha value is -1.10. The van der Waals surface area contributed by atoms with Gasteiger partial charge in [-0.05, 0) is 17.7 Å². The molecule has 0 unspecified atom stereocenters. The summed E-state index contributed by atoms with van der Waals surface area (Å²) < 4.78 is 10.7. The summed E-state index contributed by atoms with van der Waals surface area (Å²) in [6.07, 6.45) is 0. The van der Waals surface area contributed by atoms with Gasteiger partial charge in [0.2, 0.25) is 0 Å². The van der Waals surface area contributed by atoms with Crippen LogP contribution in [0, 0.1) is 0 Å². The molecule has 0 radical (unpaired) electrons. The van der Waals surface area contributed by atoms with Crippen molar-refractivity contribution in [2.24, 2.45) is 0 Å². The monoisotopic (exact) mass is 266 g/mol. The normalized spacial score (nSPS) is 10.9. The quantitative estimate of drug-likeness (QED) is 0.634. The van der Waals surface area contributed by atoms with E-state index in [1.54, 1.807) is 7.11 Å². The van der Waals surface area contributed by atoms with E-state index >= 15 is 0 Å². The lowest BCUT2D eigenvalue weighted by atomic mass is 10.2. The van der Waals surface area contributed by atoms with E-state index in [0.29, 0.717) is 6.04 Å². The molecule has 0 bridgehead atoms. The summed E-state index contributed by atoms with van der Waals surface area (Å²) in [5.41, 5.74) is 1.22. The van der Waals surface area contributed by atoms with Crippen molar-refractivity contribution in [2.45, 2.75) is 26.4 Å². The van der Waals surface area contributed by atoms with Gasteiger partial charge in [0, 0.05) is 25.7 Å². The summed E-state index contributed by atoms with van der Waals surface area (Å²) >= 11 is 0. The maximum absolute atomic E-state index is 5.52. The highest BCUT2D eigenvalue weighted by atomic mass is 16.5. The minimum atomic E-state index is 0.523. The Labute approximate surface area is 116 Å². The van der Waals surface area contributed by atoms with Crippen molar-refractivity contribution >= 4 is 0 Å². The fraction of sp³-hybridized carbons (Fsp3) is 0.600.